The Kier molecular flexibility index (Phi) is 4.40. The third kappa shape index (κ3) is 3.31. The van der Waals surface area contributed by atoms with Crippen LogP contribution < -0.4 is 4.74 Å². The van der Waals surface area contributed by atoms with Crippen molar-refractivity contribution in [2.45, 2.75) is 33.6 Å². The van der Waals surface area contributed by atoms with Gasteiger partial charge in [0.05, 0.1) is 0 Å². The molecular formula is C20H20N2O3. The van der Waals surface area contributed by atoms with Crippen LogP contribution in [0.2, 0.25) is 0 Å². The van der Waals surface area contributed by atoms with Crippen molar-refractivity contribution in [2.75, 3.05) is 0 Å². The molecule has 0 unspecified atom stereocenters. The average molecular weight is 336 g/mol. The molecule has 5 nitrogen and oxygen atoms in total. The number of ether oxygens (including phenoxy) is 1. The van der Waals surface area contributed by atoms with Crippen LogP contribution >= 0.6 is 0 Å². The number of nitrogens with zero attached hydrogens (tertiary/aromatic N) is 1. The maximum absolute atomic E-state index is 12.9. The van der Waals surface area contributed by atoms with E-state index in [0.29, 0.717) is 11.6 Å². The molecule has 2 heterocycles. The molecule has 0 atom stereocenters. The molecular weight excluding hydrogens is 316 g/mol. The Morgan fingerprint density at radius 3 is 2.56 bits per heavy atom. The number of aryl methyl sites for hydroxylation is 1. The quantitative estimate of drug-likeness (QED) is 0.574. The molecule has 0 spiro atoms. The number of fused-ring (bicyclic) bond motifs is 1. The molecule has 0 aliphatic rings. The first-order chi connectivity index (χ1) is 11.9. The number of H-pyrrole nitrogens is 1. The highest BCUT2D eigenvalue weighted by Gasteiger charge is 2.23. The molecule has 3 rings (SSSR count). The molecule has 128 valence electrons. The van der Waals surface area contributed by atoms with Crippen LogP contribution in [0.3, 0.4) is 0 Å². The fourth-order valence-corrected chi connectivity index (χ4v) is 2.74. The largest absolute Gasteiger partial charge is 0.424 e. The van der Waals surface area contributed by atoms with Gasteiger partial charge in [-0.1, -0.05) is 19.9 Å². The molecule has 0 radical (unpaired) electrons. The second-order valence-corrected chi connectivity index (χ2v) is 6.43. The first-order valence-electron chi connectivity index (χ1n) is 8.18. The van der Waals surface area contributed by atoms with E-state index < -0.39 is 5.97 Å². The van der Waals surface area contributed by atoms with Gasteiger partial charge in [0, 0.05) is 24.0 Å². The van der Waals surface area contributed by atoms with Gasteiger partial charge in [-0.25, -0.2) is 0 Å². The molecule has 2 aromatic heterocycles. The molecule has 3 aromatic rings. The number of rotatable bonds is 4. The SMILES string of the molecule is CC(=O)Oc1c(C(=O)c2cc(C)ccn2)[nH]c2ccc(C(C)C)cc12. The third-order valence-electron chi connectivity index (χ3n) is 4.06. The van der Waals surface area contributed by atoms with Gasteiger partial charge in [-0.05, 0) is 48.2 Å². The van der Waals surface area contributed by atoms with Gasteiger partial charge < -0.3 is 9.72 Å². The standard InChI is InChI=1S/C20H20N2O3/c1-11(2)14-5-6-16-15(10-14)20(25-13(4)23)18(22-16)19(24)17-9-12(3)7-8-21-17/h5-11,22H,1-4H3. The molecule has 0 fully saturated rings. The summed E-state index contributed by atoms with van der Waals surface area (Å²) < 4.78 is 5.39. The van der Waals surface area contributed by atoms with E-state index in [0.717, 1.165) is 22.0 Å². The van der Waals surface area contributed by atoms with Crippen LogP contribution in [-0.4, -0.2) is 21.7 Å². The number of esters is 1. The van der Waals surface area contributed by atoms with E-state index >= 15 is 0 Å². The predicted octanol–water partition coefficient (Wildman–Crippen LogP) is 4.15. The normalized spacial score (nSPS) is 11.1. The van der Waals surface area contributed by atoms with E-state index in [-0.39, 0.29) is 17.2 Å². The van der Waals surface area contributed by atoms with E-state index in [2.05, 4.69) is 23.8 Å². The van der Waals surface area contributed by atoms with Crippen molar-refractivity contribution < 1.29 is 14.3 Å². The number of hydrogen-bond acceptors (Lipinski definition) is 4. The lowest BCUT2D eigenvalue weighted by Gasteiger charge is -2.06. The number of ketones is 1. The second-order valence-electron chi connectivity index (χ2n) is 6.43. The Morgan fingerprint density at radius 2 is 1.92 bits per heavy atom. The highest BCUT2D eigenvalue weighted by molar-refractivity contribution is 6.12. The summed E-state index contributed by atoms with van der Waals surface area (Å²) in [5.74, 6) is -0.190. The van der Waals surface area contributed by atoms with Gasteiger partial charge >= 0.3 is 5.97 Å². The van der Waals surface area contributed by atoms with E-state index in [1.54, 1.807) is 12.3 Å². The average Bonchev–Trinajstić information content (AvgIpc) is 2.91. The molecule has 0 aliphatic carbocycles. The van der Waals surface area contributed by atoms with Crippen LogP contribution in [-0.2, 0) is 4.79 Å². The molecule has 0 saturated carbocycles. The number of carbonyl (C=O) groups is 2. The zero-order valence-electron chi connectivity index (χ0n) is 14.7. The zero-order valence-corrected chi connectivity index (χ0v) is 14.7. The topological polar surface area (TPSA) is 72.1 Å². The fourth-order valence-electron chi connectivity index (χ4n) is 2.74. The van der Waals surface area contributed by atoms with Gasteiger partial charge in [-0.3, -0.25) is 14.6 Å². The summed E-state index contributed by atoms with van der Waals surface area (Å²) in [6.45, 7) is 7.39. The van der Waals surface area contributed by atoms with E-state index in [1.165, 1.54) is 6.92 Å². The Bertz CT molecular complexity index is 970. The minimum Gasteiger partial charge on any atom is -0.424 e. The Morgan fingerprint density at radius 1 is 1.16 bits per heavy atom. The maximum atomic E-state index is 12.9. The summed E-state index contributed by atoms with van der Waals surface area (Å²) in [4.78, 5) is 31.7. The maximum Gasteiger partial charge on any atom is 0.308 e. The van der Waals surface area contributed by atoms with Crippen LogP contribution in [0.1, 0.15) is 54.0 Å². The monoisotopic (exact) mass is 336 g/mol. The van der Waals surface area contributed by atoms with Gasteiger partial charge in [0.2, 0.25) is 5.78 Å². The zero-order chi connectivity index (χ0) is 18.1. The molecule has 0 saturated heterocycles. The van der Waals surface area contributed by atoms with Crippen molar-refractivity contribution in [3.8, 4) is 5.75 Å². The number of carbonyl (C=O) groups excluding carboxylic acids is 2. The summed E-state index contributed by atoms with van der Waals surface area (Å²) in [5, 5.41) is 0.720. The predicted molar refractivity (Wildman–Crippen MR) is 96.1 cm³/mol. The molecule has 0 bridgehead atoms. The number of hydrogen-bond donors (Lipinski definition) is 1. The van der Waals surface area contributed by atoms with Gasteiger partial charge in [0.1, 0.15) is 11.4 Å². The summed E-state index contributed by atoms with van der Waals surface area (Å²) in [6, 6.07) is 9.39. The van der Waals surface area contributed by atoms with Crippen molar-refractivity contribution in [3.63, 3.8) is 0 Å². The first kappa shape index (κ1) is 16.9. The number of nitrogens with one attached hydrogen (secondary N) is 1. The molecule has 5 heteroatoms. The number of pyridine rings is 1. The van der Waals surface area contributed by atoms with E-state index in [4.69, 9.17) is 4.74 Å². The molecule has 0 amide bonds. The molecule has 1 N–H and O–H groups in total. The third-order valence-corrected chi connectivity index (χ3v) is 4.06. The van der Waals surface area contributed by atoms with Gasteiger partial charge in [-0.2, -0.15) is 0 Å². The van der Waals surface area contributed by atoms with Gasteiger partial charge in [-0.15, -0.1) is 0 Å². The fraction of sp³-hybridized carbons (Fsp3) is 0.250. The summed E-state index contributed by atoms with van der Waals surface area (Å²) >= 11 is 0. The minimum absolute atomic E-state index is 0.240. The van der Waals surface area contributed by atoms with Gasteiger partial charge in [0.15, 0.2) is 5.75 Å². The highest BCUT2D eigenvalue weighted by Crippen LogP contribution is 2.34. The van der Waals surface area contributed by atoms with Crippen molar-refractivity contribution >= 4 is 22.7 Å². The van der Waals surface area contributed by atoms with Crippen LogP contribution in [0.5, 0.6) is 5.75 Å². The lowest BCUT2D eigenvalue weighted by molar-refractivity contribution is -0.131. The number of aromatic nitrogens is 2. The Hall–Kier alpha value is -2.95. The highest BCUT2D eigenvalue weighted by atomic mass is 16.5. The van der Waals surface area contributed by atoms with Crippen LogP contribution in [0.25, 0.3) is 10.9 Å². The van der Waals surface area contributed by atoms with Crippen molar-refractivity contribution in [2.24, 2.45) is 0 Å². The van der Waals surface area contributed by atoms with Gasteiger partial charge in [0.25, 0.3) is 0 Å². The van der Waals surface area contributed by atoms with Crippen LogP contribution in [0.15, 0.2) is 36.5 Å². The molecule has 0 aliphatic heterocycles. The summed E-state index contributed by atoms with van der Waals surface area (Å²) in [7, 11) is 0. The summed E-state index contributed by atoms with van der Waals surface area (Å²) in [6.07, 6.45) is 1.59. The van der Waals surface area contributed by atoms with E-state index in [1.807, 2.05) is 31.2 Å². The molecule has 25 heavy (non-hydrogen) atoms. The van der Waals surface area contributed by atoms with Crippen LogP contribution in [0.4, 0.5) is 0 Å². The second kappa shape index (κ2) is 6.51. The number of aromatic amines is 1. The lowest BCUT2D eigenvalue weighted by Crippen LogP contribution is -2.09. The lowest BCUT2D eigenvalue weighted by atomic mass is 10.0. The first-order valence-corrected chi connectivity index (χ1v) is 8.18. The number of benzene rings is 1. The van der Waals surface area contributed by atoms with Crippen molar-refractivity contribution in [1.29, 1.82) is 0 Å². The smallest absolute Gasteiger partial charge is 0.308 e. The molecule has 1 aromatic carbocycles. The Labute approximate surface area is 146 Å². The Balaban J connectivity index is 2.19. The van der Waals surface area contributed by atoms with Crippen molar-refractivity contribution in [3.05, 3.63) is 59.0 Å². The van der Waals surface area contributed by atoms with Crippen LogP contribution in [0, 0.1) is 6.92 Å². The van der Waals surface area contributed by atoms with Crippen molar-refractivity contribution in [1.82, 2.24) is 9.97 Å². The van der Waals surface area contributed by atoms with E-state index in [9.17, 15) is 9.59 Å². The summed E-state index contributed by atoms with van der Waals surface area (Å²) in [5.41, 5.74) is 3.34. The minimum atomic E-state index is -0.470.